The zero-order chi connectivity index (χ0) is 14.2. The summed E-state index contributed by atoms with van der Waals surface area (Å²) in [6, 6.07) is 8.75. The highest BCUT2D eigenvalue weighted by Crippen LogP contribution is 2.16. The van der Waals surface area contributed by atoms with Crippen molar-refractivity contribution in [3.8, 4) is 0 Å². The molecule has 1 heterocycles. The first kappa shape index (κ1) is 15.3. The molecule has 0 bridgehead atoms. The molecular weight excluding hydrogens is 248 g/mol. The van der Waals surface area contributed by atoms with Crippen molar-refractivity contribution in [2.45, 2.75) is 39.2 Å². The minimum Gasteiger partial charge on any atom is -0.378 e. The van der Waals surface area contributed by atoms with E-state index in [-0.39, 0.29) is 0 Å². The van der Waals surface area contributed by atoms with Gasteiger partial charge in [0.1, 0.15) is 0 Å². The molecule has 3 nitrogen and oxygen atoms in total. The van der Waals surface area contributed by atoms with Crippen LogP contribution in [0.1, 0.15) is 31.7 Å². The Morgan fingerprint density at radius 1 is 1.30 bits per heavy atom. The van der Waals surface area contributed by atoms with Gasteiger partial charge in [-0.1, -0.05) is 12.1 Å². The SMILES string of the molecule is CCN(CCCOC1CCNCC1)c1cccc(C)c1. The van der Waals surface area contributed by atoms with Crippen molar-refractivity contribution in [2.75, 3.05) is 37.7 Å². The predicted octanol–water partition coefficient (Wildman–Crippen LogP) is 2.98. The molecular formula is C17H28N2O. The van der Waals surface area contributed by atoms with Crippen LogP contribution in [0.2, 0.25) is 0 Å². The normalized spacial score (nSPS) is 16.3. The fourth-order valence-electron chi connectivity index (χ4n) is 2.76. The Kier molecular flexibility index (Phi) is 6.34. The molecule has 112 valence electrons. The number of ether oxygens (including phenoxy) is 1. The van der Waals surface area contributed by atoms with Gasteiger partial charge in [-0.2, -0.15) is 0 Å². The number of benzene rings is 1. The predicted molar refractivity (Wildman–Crippen MR) is 85.5 cm³/mol. The van der Waals surface area contributed by atoms with Gasteiger partial charge >= 0.3 is 0 Å². The van der Waals surface area contributed by atoms with E-state index in [1.54, 1.807) is 0 Å². The molecule has 0 atom stereocenters. The number of nitrogens with one attached hydrogen (secondary N) is 1. The number of rotatable bonds is 7. The first-order chi connectivity index (χ1) is 9.79. The third kappa shape index (κ3) is 4.80. The van der Waals surface area contributed by atoms with Crippen molar-refractivity contribution in [2.24, 2.45) is 0 Å². The molecule has 0 saturated carbocycles. The van der Waals surface area contributed by atoms with Gasteiger partial charge in [0.25, 0.3) is 0 Å². The van der Waals surface area contributed by atoms with E-state index in [2.05, 4.69) is 48.3 Å². The highest BCUT2D eigenvalue weighted by molar-refractivity contribution is 5.48. The van der Waals surface area contributed by atoms with Crippen LogP contribution in [-0.2, 0) is 4.74 Å². The van der Waals surface area contributed by atoms with Crippen LogP contribution >= 0.6 is 0 Å². The Labute approximate surface area is 123 Å². The molecule has 1 fully saturated rings. The molecule has 1 aliphatic heterocycles. The van der Waals surface area contributed by atoms with Crippen LogP contribution in [0.3, 0.4) is 0 Å². The van der Waals surface area contributed by atoms with E-state index < -0.39 is 0 Å². The van der Waals surface area contributed by atoms with Crippen LogP contribution in [0.5, 0.6) is 0 Å². The quantitative estimate of drug-likeness (QED) is 0.775. The standard InChI is InChI=1S/C17H28N2O/c1-3-19(16-7-4-6-15(2)14-16)12-5-13-20-17-8-10-18-11-9-17/h4,6-7,14,17-18H,3,5,8-13H2,1-2H3. The fraction of sp³-hybridized carbons (Fsp3) is 0.647. The maximum atomic E-state index is 5.97. The molecule has 3 heteroatoms. The summed E-state index contributed by atoms with van der Waals surface area (Å²) in [6.07, 6.45) is 3.90. The maximum Gasteiger partial charge on any atom is 0.0599 e. The van der Waals surface area contributed by atoms with E-state index in [0.29, 0.717) is 6.10 Å². The van der Waals surface area contributed by atoms with Crippen molar-refractivity contribution >= 4 is 5.69 Å². The average molecular weight is 276 g/mol. The van der Waals surface area contributed by atoms with Gasteiger partial charge < -0.3 is 15.0 Å². The summed E-state index contributed by atoms with van der Waals surface area (Å²) in [5, 5.41) is 3.37. The lowest BCUT2D eigenvalue weighted by atomic mass is 10.1. The molecule has 20 heavy (non-hydrogen) atoms. The third-order valence-corrected chi connectivity index (χ3v) is 3.96. The van der Waals surface area contributed by atoms with Gasteiger partial charge in [0.15, 0.2) is 0 Å². The van der Waals surface area contributed by atoms with E-state index >= 15 is 0 Å². The Morgan fingerprint density at radius 3 is 2.80 bits per heavy atom. The first-order valence-electron chi connectivity index (χ1n) is 7.93. The van der Waals surface area contributed by atoms with Gasteiger partial charge in [0.2, 0.25) is 0 Å². The van der Waals surface area contributed by atoms with E-state index in [1.807, 2.05) is 0 Å². The van der Waals surface area contributed by atoms with Crippen molar-refractivity contribution in [3.05, 3.63) is 29.8 Å². The third-order valence-electron chi connectivity index (χ3n) is 3.96. The lowest BCUT2D eigenvalue weighted by Gasteiger charge is -2.25. The molecule has 1 N–H and O–H groups in total. The summed E-state index contributed by atoms with van der Waals surface area (Å²) in [6.45, 7) is 9.59. The van der Waals surface area contributed by atoms with Crippen LogP contribution in [0.25, 0.3) is 0 Å². The Bertz CT molecular complexity index is 388. The molecule has 0 amide bonds. The van der Waals surface area contributed by atoms with Gasteiger partial charge in [-0.25, -0.2) is 0 Å². The minimum absolute atomic E-state index is 0.477. The molecule has 1 saturated heterocycles. The molecule has 2 rings (SSSR count). The second-order valence-corrected chi connectivity index (χ2v) is 5.59. The lowest BCUT2D eigenvalue weighted by Crippen LogP contribution is -2.33. The average Bonchev–Trinajstić information content (AvgIpc) is 2.48. The maximum absolute atomic E-state index is 5.97. The molecule has 0 aromatic heterocycles. The second kappa shape index (κ2) is 8.28. The van der Waals surface area contributed by atoms with E-state index in [1.165, 1.54) is 11.3 Å². The van der Waals surface area contributed by atoms with Gasteiger partial charge in [-0.15, -0.1) is 0 Å². The second-order valence-electron chi connectivity index (χ2n) is 5.59. The molecule has 1 aliphatic rings. The number of hydrogen-bond acceptors (Lipinski definition) is 3. The summed E-state index contributed by atoms with van der Waals surface area (Å²) < 4.78 is 5.97. The molecule has 0 aliphatic carbocycles. The first-order valence-corrected chi connectivity index (χ1v) is 7.93. The van der Waals surface area contributed by atoms with E-state index in [4.69, 9.17) is 4.74 Å². The Balaban J connectivity index is 1.71. The van der Waals surface area contributed by atoms with E-state index in [9.17, 15) is 0 Å². The number of hydrogen-bond donors (Lipinski definition) is 1. The summed E-state index contributed by atoms with van der Waals surface area (Å²) in [4.78, 5) is 2.43. The molecule has 0 unspecified atom stereocenters. The van der Waals surface area contributed by atoms with Crippen molar-refractivity contribution in [1.29, 1.82) is 0 Å². The topological polar surface area (TPSA) is 24.5 Å². The lowest BCUT2D eigenvalue weighted by molar-refractivity contribution is 0.0324. The molecule has 1 aromatic carbocycles. The number of nitrogens with zero attached hydrogens (tertiary/aromatic N) is 1. The summed E-state index contributed by atoms with van der Waals surface area (Å²) >= 11 is 0. The van der Waals surface area contributed by atoms with Crippen LogP contribution in [0.15, 0.2) is 24.3 Å². The summed E-state index contributed by atoms with van der Waals surface area (Å²) in [5.74, 6) is 0. The summed E-state index contributed by atoms with van der Waals surface area (Å²) in [5.41, 5.74) is 2.65. The van der Waals surface area contributed by atoms with Gasteiger partial charge in [-0.05, 0) is 63.9 Å². The van der Waals surface area contributed by atoms with Gasteiger partial charge in [0.05, 0.1) is 6.10 Å². The van der Waals surface area contributed by atoms with Crippen LogP contribution in [0, 0.1) is 6.92 Å². The van der Waals surface area contributed by atoms with Gasteiger partial charge in [0, 0.05) is 25.4 Å². The van der Waals surface area contributed by atoms with Gasteiger partial charge in [-0.3, -0.25) is 0 Å². The summed E-state index contributed by atoms with van der Waals surface area (Å²) in [7, 11) is 0. The van der Waals surface area contributed by atoms with Crippen molar-refractivity contribution in [1.82, 2.24) is 5.32 Å². The Morgan fingerprint density at radius 2 is 2.10 bits per heavy atom. The largest absolute Gasteiger partial charge is 0.378 e. The minimum atomic E-state index is 0.477. The highest BCUT2D eigenvalue weighted by Gasteiger charge is 2.13. The van der Waals surface area contributed by atoms with Crippen molar-refractivity contribution < 1.29 is 4.74 Å². The number of piperidine rings is 1. The number of anilines is 1. The Hall–Kier alpha value is -1.06. The molecule has 0 spiro atoms. The highest BCUT2D eigenvalue weighted by atomic mass is 16.5. The zero-order valence-electron chi connectivity index (χ0n) is 12.9. The van der Waals surface area contributed by atoms with Crippen LogP contribution in [-0.4, -0.2) is 38.9 Å². The van der Waals surface area contributed by atoms with E-state index in [0.717, 1.165) is 52.0 Å². The van der Waals surface area contributed by atoms with Crippen molar-refractivity contribution in [3.63, 3.8) is 0 Å². The zero-order valence-corrected chi connectivity index (χ0v) is 12.9. The molecule has 0 radical (unpaired) electrons. The monoisotopic (exact) mass is 276 g/mol. The molecule has 1 aromatic rings. The van der Waals surface area contributed by atoms with Crippen LogP contribution in [0.4, 0.5) is 5.69 Å². The number of aryl methyl sites for hydroxylation is 1. The fourth-order valence-corrected chi connectivity index (χ4v) is 2.76. The smallest absolute Gasteiger partial charge is 0.0599 e. The van der Waals surface area contributed by atoms with Crippen LogP contribution < -0.4 is 10.2 Å².